The first kappa shape index (κ1) is 36.0. The highest BCUT2D eigenvalue weighted by molar-refractivity contribution is 6.23. The normalized spacial score (nSPS) is 11.8. The molecule has 3 heterocycles. The van der Waals surface area contributed by atoms with E-state index in [1.54, 1.807) is 0 Å². The van der Waals surface area contributed by atoms with E-state index in [1.807, 2.05) is 36.4 Å². The molecule has 3 aromatic heterocycles. The standard InChI is InChI=1S/C59H37N5/c1-4-14-38(15-5-1)39-24-26-42(27-25-39)58-60-57(41-17-6-2-7-18-41)61-59(62-58)45-29-28-44-35-47(32-30-43(44)34-45)63-53-23-13-12-22-49(53)51-36-52-50-33-31-40-16-10-11-21-48(40)56(50)64(55(52)37-54(51)63)46-19-8-3-9-20-46/h1-37H. The SMILES string of the molecule is c1ccc(-c2ccc(-c3nc(-c4ccccc4)nc(-c4ccc5cc(-n6c7ccccc7c7cc8c9ccc%10ccccc%10c9n(-c9ccccc9)c8cc76)ccc5c4)n3)cc2)cc1. The number of hydrogen-bond donors (Lipinski definition) is 0. The molecule has 0 bridgehead atoms. The molecule has 13 rings (SSSR count). The summed E-state index contributed by atoms with van der Waals surface area (Å²) < 4.78 is 4.88. The maximum atomic E-state index is 5.09. The molecule has 0 aliphatic rings. The maximum absolute atomic E-state index is 5.09. The third kappa shape index (κ3) is 5.83. The van der Waals surface area contributed by atoms with Crippen LogP contribution in [-0.4, -0.2) is 24.1 Å². The van der Waals surface area contributed by atoms with Gasteiger partial charge in [-0.25, -0.2) is 15.0 Å². The van der Waals surface area contributed by atoms with Crippen molar-refractivity contribution in [3.63, 3.8) is 0 Å². The summed E-state index contributed by atoms with van der Waals surface area (Å²) in [5.74, 6) is 1.91. The zero-order valence-electron chi connectivity index (χ0n) is 34.6. The fourth-order valence-corrected chi connectivity index (χ4v) is 9.67. The number of fused-ring (bicyclic) bond motifs is 9. The average Bonchev–Trinajstić information content (AvgIpc) is 3.88. The highest BCUT2D eigenvalue weighted by Gasteiger charge is 2.20. The van der Waals surface area contributed by atoms with Crippen LogP contribution in [0.15, 0.2) is 224 Å². The Morgan fingerprint density at radius 3 is 1.53 bits per heavy atom. The van der Waals surface area contributed by atoms with Gasteiger partial charge >= 0.3 is 0 Å². The van der Waals surface area contributed by atoms with Gasteiger partial charge in [0.05, 0.1) is 22.1 Å². The second kappa shape index (κ2) is 14.5. The zero-order valence-corrected chi connectivity index (χ0v) is 34.6. The molecule has 0 atom stereocenters. The molecule has 64 heavy (non-hydrogen) atoms. The van der Waals surface area contributed by atoms with Crippen LogP contribution in [0, 0.1) is 0 Å². The molecule has 0 amide bonds. The molecule has 298 valence electrons. The number of nitrogens with zero attached hydrogens (tertiary/aromatic N) is 5. The van der Waals surface area contributed by atoms with E-state index in [0.29, 0.717) is 17.5 Å². The highest BCUT2D eigenvalue weighted by Crippen LogP contribution is 2.42. The molecule has 0 spiro atoms. The van der Waals surface area contributed by atoms with Gasteiger partial charge in [-0.3, -0.25) is 0 Å². The summed E-state index contributed by atoms with van der Waals surface area (Å²) >= 11 is 0. The van der Waals surface area contributed by atoms with Crippen LogP contribution in [-0.2, 0) is 0 Å². The molecule has 0 aliphatic carbocycles. The van der Waals surface area contributed by atoms with Crippen molar-refractivity contribution in [2.45, 2.75) is 0 Å². The van der Waals surface area contributed by atoms with Gasteiger partial charge in [-0.15, -0.1) is 0 Å². The maximum Gasteiger partial charge on any atom is 0.164 e. The summed E-state index contributed by atoms with van der Waals surface area (Å²) in [5.41, 5.74) is 12.1. The van der Waals surface area contributed by atoms with Gasteiger partial charge in [-0.1, -0.05) is 176 Å². The first-order valence-corrected chi connectivity index (χ1v) is 21.7. The van der Waals surface area contributed by atoms with Crippen molar-refractivity contribution >= 4 is 65.2 Å². The van der Waals surface area contributed by atoms with Gasteiger partial charge in [0, 0.05) is 55.0 Å². The van der Waals surface area contributed by atoms with E-state index in [0.717, 1.165) is 49.9 Å². The highest BCUT2D eigenvalue weighted by atomic mass is 15.0. The summed E-state index contributed by atoms with van der Waals surface area (Å²) in [7, 11) is 0. The van der Waals surface area contributed by atoms with E-state index >= 15 is 0 Å². The van der Waals surface area contributed by atoms with Gasteiger partial charge < -0.3 is 9.13 Å². The largest absolute Gasteiger partial charge is 0.309 e. The van der Waals surface area contributed by atoms with Crippen LogP contribution in [0.3, 0.4) is 0 Å². The number of para-hydroxylation sites is 2. The lowest BCUT2D eigenvalue weighted by molar-refractivity contribution is 1.07. The summed E-state index contributed by atoms with van der Waals surface area (Å²) in [6, 6.07) is 79.9. The summed E-state index contributed by atoms with van der Waals surface area (Å²) in [6.07, 6.45) is 0. The fourth-order valence-electron chi connectivity index (χ4n) is 9.67. The third-order valence-electron chi connectivity index (χ3n) is 12.7. The Morgan fingerprint density at radius 2 is 0.766 bits per heavy atom. The first-order chi connectivity index (χ1) is 31.7. The molecule has 5 heteroatoms. The Labute approximate surface area is 368 Å². The van der Waals surface area contributed by atoms with E-state index in [-0.39, 0.29) is 0 Å². The van der Waals surface area contributed by atoms with E-state index < -0.39 is 0 Å². The summed E-state index contributed by atoms with van der Waals surface area (Å²) in [6.45, 7) is 0. The fraction of sp³-hybridized carbons (Fsp3) is 0. The van der Waals surface area contributed by atoms with Crippen molar-refractivity contribution < 1.29 is 0 Å². The second-order valence-electron chi connectivity index (χ2n) is 16.5. The molecule has 0 N–H and O–H groups in total. The van der Waals surface area contributed by atoms with Crippen molar-refractivity contribution in [1.29, 1.82) is 0 Å². The van der Waals surface area contributed by atoms with Crippen LogP contribution < -0.4 is 0 Å². The Kier molecular flexibility index (Phi) is 8.15. The van der Waals surface area contributed by atoms with Crippen molar-refractivity contribution in [3.8, 4) is 56.7 Å². The van der Waals surface area contributed by atoms with Crippen LogP contribution in [0.2, 0.25) is 0 Å². The molecule has 0 saturated heterocycles. The molecule has 0 radical (unpaired) electrons. The van der Waals surface area contributed by atoms with Crippen LogP contribution in [0.5, 0.6) is 0 Å². The quantitative estimate of drug-likeness (QED) is 0.168. The lowest BCUT2D eigenvalue weighted by Gasteiger charge is -2.12. The van der Waals surface area contributed by atoms with Gasteiger partial charge in [-0.05, 0) is 75.8 Å². The molecule has 10 aromatic carbocycles. The topological polar surface area (TPSA) is 48.5 Å². The second-order valence-corrected chi connectivity index (χ2v) is 16.5. The van der Waals surface area contributed by atoms with Gasteiger partial charge in [0.1, 0.15) is 0 Å². The molecule has 0 saturated carbocycles. The number of benzene rings is 10. The number of rotatable bonds is 6. The van der Waals surface area contributed by atoms with Gasteiger partial charge in [-0.2, -0.15) is 0 Å². The van der Waals surface area contributed by atoms with Gasteiger partial charge in [0.2, 0.25) is 0 Å². The molecular formula is C59H37N5. The van der Waals surface area contributed by atoms with Gasteiger partial charge in [0.15, 0.2) is 17.5 Å². The molecular weight excluding hydrogens is 779 g/mol. The molecule has 0 unspecified atom stereocenters. The average molecular weight is 816 g/mol. The Morgan fingerprint density at radius 1 is 0.250 bits per heavy atom. The molecule has 5 nitrogen and oxygen atoms in total. The van der Waals surface area contributed by atoms with Crippen molar-refractivity contribution in [2.24, 2.45) is 0 Å². The lowest BCUT2D eigenvalue weighted by atomic mass is 10.0. The third-order valence-corrected chi connectivity index (χ3v) is 12.7. The number of aromatic nitrogens is 5. The van der Waals surface area contributed by atoms with Crippen molar-refractivity contribution in [1.82, 2.24) is 24.1 Å². The minimum absolute atomic E-state index is 0.634. The summed E-state index contributed by atoms with van der Waals surface area (Å²) in [4.78, 5) is 15.1. The zero-order chi connectivity index (χ0) is 42.1. The minimum atomic E-state index is 0.634. The minimum Gasteiger partial charge on any atom is -0.309 e. The van der Waals surface area contributed by atoms with E-state index in [9.17, 15) is 0 Å². The van der Waals surface area contributed by atoms with Crippen LogP contribution in [0.1, 0.15) is 0 Å². The first-order valence-electron chi connectivity index (χ1n) is 21.7. The van der Waals surface area contributed by atoms with Crippen molar-refractivity contribution in [2.75, 3.05) is 0 Å². The Bertz CT molecular complexity index is 3930. The Hall–Kier alpha value is -8.67. The molecule has 0 aliphatic heterocycles. The lowest BCUT2D eigenvalue weighted by Crippen LogP contribution is -2.00. The summed E-state index contributed by atoms with van der Waals surface area (Å²) in [5, 5.41) is 9.66. The van der Waals surface area contributed by atoms with Crippen LogP contribution in [0.25, 0.3) is 122 Å². The van der Waals surface area contributed by atoms with Gasteiger partial charge in [0.25, 0.3) is 0 Å². The van der Waals surface area contributed by atoms with Crippen molar-refractivity contribution in [3.05, 3.63) is 224 Å². The number of hydrogen-bond acceptors (Lipinski definition) is 3. The van der Waals surface area contributed by atoms with E-state index in [4.69, 9.17) is 15.0 Å². The monoisotopic (exact) mass is 815 g/mol. The molecule has 13 aromatic rings. The van der Waals surface area contributed by atoms with E-state index in [1.165, 1.54) is 54.4 Å². The predicted molar refractivity (Wildman–Crippen MR) is 265 cm³/mol. The van der Waals surface area contributed by atoms with Crippen LogP contribution >= 0.6 is 0 Å². The predicted octanol–water partition coefficient (Wildman–Crippen LogP) is 15.0. The van der Waals surface area contributed by atoms with E-state index in [2.05, 4.69) is 197 Å². The Balaban J connectivity index is 0.958. The van der Waals surface area contributed by atoms with Crippen LogP contribution in [0.4, 0.5) is 0 Å². The smallest absolute Gasteiger partial charge is 0.164 e. The molecule has 0 fully saturated rings.